The van der Waals surface area contributed by atoms with E-state index in [-0.39, 0.29) is 5.56 Å². The topological polar surface area (TPSA) is 237 Å². The Morgan fingerprint density at radius 2 is 0.570 bits per heavy atom. The minimum Gasteiger partial charge on any atom is -0.307 e. The Kier molecular flexibility index (Phi) is 12.7. The summed E-state index contributed by atoms with van der Waals surface area (Å²) in [5.74, 6) is 0. The van der Waals surface area contributed by atoms with Crippen molar-refractivity contribution in [3.8, 4) is 133 Å². The molecule has 0 spiro atoms. The van der Waals surface area contributed by atoms with Crippen molar-refractivity contribution in [1.82, 2.24) is 14.1 Å². The zero-order chi connectivity index (χ0) is 59.2. The summed E-state index contributed by atoms with van der Waals surface area (Å²) in [6.45, 7) is 0. The second-order valence-corrected chi connectivity index (χ2v) is 20.3. The third-order valence-electron chi connectivity index (χ3n) is 15.7. The molecule has 0 saturated heterocycles. The molecular weight excluding hydrogens is 1060 g/mol. The Morgan fingerprint density at radius 1 is 0.244 bits per heavy atom. The van der Waals surface area contributed by atoms with Crippen LogP contribution < -0.4 is 0 Å². The number of nitriles is 9. The van der Waals surface area contributed by atoms with Gasteiger partial charge in [0.2, 0.25) is 0 Å². The molecule has 0 radical (unpaired) electrons. The van der Waals surface area contributed by atoms with Crippen LogP contribution in [0.3, 0.4) is 0 Å². The molecule has 0 aliphatic rings. The molecule has 0 saturated carbocycles. The Labute approximate surface area is 491 Å². The van der Waals surface area contributed by atoms with Crippen LogP contribution in [0.25, 0.3) is 122 Å². The fraction of sp³-hybridized carbons (Fsp3) is 0. The van der Waals surface area contributed by atoms with Crippen molar-refractivity contribution < 1.29 is 0 Å². The van der Waals surface area contributed by atoms with E-state index in [2.05, 4.69) is 63.8 Å². The van der Waals surface area contributed by atoms with Crippen LogP contribution in [0.1, 0.15) is 50.1 Å². The maximum atomic E-state index is 11.6. The highest BCUT2D eigenvalue weighted by atomic mass is 15.1. The van der Waals surface area contributed by atoms with Crippen LogP contribution in [0.2, 0.25) is 0 Å². The SMILES string of the molecule is N#Cc1ccc(-c2ccc3c4ccc(-c5ccc(C#N)cc5C#N)cc4n(-c4cc(C#N)c(-c5cccc(-c6ccccc6)n5)cc4-n4c5cc(-c6ccc(C#N)cc6C#N)ccc5c5ccc(-c6ccc(C#N)cc6C#N)cc54)c3c2)c(C#N)c1. The molecule has 3 heterocycles. The summed E-state index contributed by atoms with van der Waals surface area (Å²) in [7, 11) is 0. The average Bonchev–Trinajstić information content (AvgIpc) is 1.57. The van der Waals surface area contributed by atoms with E-state index in [0.717, 1.165) is 27.1 Å². The maximum absolute atomic E-state index is 11.6. The number of benzene rings is 10. The van der Waals surface area contributed by atoms with Crippen LogP contribution in [-0.2, 0) is 0 Å². The molecule has 0 unspecified atom stereocenters. The molecule has 0 aliphatic carbocycles. The lowest BCUT2D eigenvalue weighted by Crippen LogP contribution is -2.06. The number of aromatic nitrogens is 3. The zero-order valence-electron chi connectivity index (χ0n) is 45.0. The molecule has 0 fully saturated rings. The van der Waals surface area contributed by atoms with Gasteiger partial charge in [-0.1, -0.05) is 109 Å². The molecule has 13 aromatic rings. The number of nitrogens with zero attached hydrogens (tertiary/aromatic N) is 12. The molecule has 3 aromatic heterocycles. The molecule has 390 valence electrons. The van der Waals surface area contributed by atoms with Gasteiger partial charge in [-0.2, -0.15) is 47.4 Å². The summed E-state index contributed by atoms with van der Waals surface area (Å²) < 4.78 is 4.18. The van der Waals surface area contributed by atoms with Gasteiger partial charge in [0.05, 0.1) is 150 Å². The highest BCUT2D eigenvalue weighted by Crippen LogP contribution is 2.45. The summed E-state index contributed by atoms with van der Waals surface area (Å²) in [6.07, 6.45) is 0. The van der Waals surface area contributed by atoms with Crippen molar-refractivity contribution in [3.63, 3.8) is 0 Å². The predicted molar refractivity (Wildman–Crippen MR) is 328 cm³/mol. The van der Waals surface area contributed by atoms with Crippen LogP contribution in [-0.4, -0.2) is 14.1 Å². The Bertz CT molecular complexity index is 5280. The van der Waals surface area contributed by atoms with Gasteiger partial charge in [0.25, 0.3) is 0 Å². The molecule has 0 aliphatic heterocycles. The molecule has 10 aromatic carbocycles. The largest absolute Gasteiger partial charge is 0.307 e. The third kappa shape index (κ3) is 8.60. The lowest BCUT2D eigenvalue weighted by molar-refractivity contribution is 1.09. The minimum absolute atomic E-state index is 0.274. The van der Waals surface area contributed by atoms with Crippen LogP contribution in [0, 0.1) is 102 Å². The van der Waals surface area contributed by atoms with E-state index in [0.29, 0.717) is 139 Å². The molecule has 0 atom stereocenters. The lowest BCUT2D eigenvalue weighted by Gasteiger charge is -2.20. The molecule has 0 amide bonds. The van der Waals surface area contributed by atoms with Crippen molar-refractivity contribution in [2.45, 2.75) is 0 Å². The van der Waals surface area contributed by atoms with E-state index in [1.54, 1.807) is 72.8 Å². The van der Waals surface area contributed by atoms with Gasteiger partial charge in [0, 0.05) is 32.7 Å². The van der Waals surface area contributed by atoms with E-state index in [9.17, 15) is 47.4 Å². The predicted octanol–water partition coefficient (Wildman–Crippen LogP) is 16.1. The second kappa shape index (κ2) is 21.1. The minimum atomic E-state index is 0.274. The highest BCUT2D eigenvalue weighted by molar-refractivity contribution is 6.14. The lowest BCUT2D eigenvalue weighted by atomic mass is 9.96. The van der Waals surface area contributed by atoms with Crippen molar-refractivity contribution >= 4 is 43.6 Å². The smallest absolute Gasteiger partial charge is 0.0999 e. The Balaban J connectivity index is 1.21. The van der Waals surface area contributed by atoms with Crippen molar-refractivity contribution in [3.05, 3.63) is 256 Å². The molecule has 12 heteroatoms. The van der Waals surface area contributed by atoms with Crippen molar-refractivity contribution in [2.24, 2.45) is 0 Å². The first-order chi connectivity index (χ1) is 42.2. The number of pyridine rings is 1. The number of rotatable bonds is 8. The molecule has 13 rings (SSSR count). The van der Waals surface area contributed by atoms with Crippen LogP contribution >= 0.6 is 0 Å². The van der Waals surface area contributed by atoms with Crippen LogP contribution in [0.5, 0.6) is 0 Å². The first-order valence-electron chi connectivity index (χ1n) is 26.8. The van der Waals surface area contributed by atoms with E-state index >= 15 is 0 Å². The highest BCUT2D eigenvalue weighted by Gasteiger charge is 2.26. The zero-order valence-corrected chi connectivity index (χ0v) is 45.0. The molecule has 86 heavy (non-hydrogen) atoms. The molecule has 12 nitrogen and oxygen atoms in total. The number of fused-ring (bicyclic) bond motifs is 6. The first kappa shape index (κ1) is 51.8. The number of hydrogen-bond acceptors (Lipinski definition) is 10. The van der Waals surface area contributed by atoms with Crippen molar-refractivity contribution in [2.75, 3.05) is 0 Å². The number of hydrogen-bond donors (Lipinski definition) is 0. The average molecular weight is 1090 g/mol. The molecule has 0 N–H and O–H groups in total. The van der Waals surface area contributed by atoms with Gasteiger partial charge in [-0.25, -0.2) is 4.98 Å². The summed E-state index contributed by atoms with van der Waals surface area (Å²) in [6, 6.07) is 83.2. The van der Waals surface area contributed by atoms with Gasteiger partial charge in [-0.05, 0) is 142 Å². The van der Waals surface area contributed by atoms with Gasteiger partial charge in [0.15, 0.2) is 0 Å². The summed E-state index contributed by atoms with van der Waals surface area (Å²) in [4.78, 5) is 5.22. The summed E-state index contributed by atoms with van der Waals surface area (Å²) in [5, 5.41) is 96.5. The second-order valence-electron chi connectivity index (χ2n) is 20.3. The van der Waals surface area contributed by atoms with E-state index in [4.69, 9.17) is 4.98 Å². The van der Waals surface area contributed by atoms with Gasteiger partial charge >= 0.3 is 0 Å². The van der Waals surface area contributed by atoms with Crippen LogP contribution in [0.15, 0.2) is 206 Å². The van der Waals surface area contributed by atoms with E-state index < -0.39 is 0 Å². The van der Waals surface area contributed by atoms with Gasteiger partial charge in [0.1, 0.15) is 0 Å². The molecular formula is C74H34N12. The first-order valence-corrected chi connectivity index (χ1v) is 26.8. The third-order valence-corrected chi connectivity index (χ3v) is 15.7. The Morgan fingerprint density at radius 3 is 0.907 bits per heavy atom. The van der Waals surface area contributed by atoms with Gasteiger partial charge < -0.3 is 9.13 Å². The van der Waals surface area contributed by atoms with Gasteiger partial charge in [-0.15, -0.1) is 0 Å². The monoisotopic (exact) mass is 1090 g/mol. The Hall–Kier alpha value is -13.6. The normalized spacial score (nSPS) is 10.7. The fourth-order valence-corrected chi connectivity index (χ4v) is 11.7. The quantitative estimate of drug-likeness (QED) is 0.139. The maximum Gasteiger partial charge on any atom is 0.0999 e. The van der Waals surface area contributed by atoms with Crippen LogP contribution in [0.4, 0.5) is 0 Å². The van der Waals surface area contributed by atoms with E-state index in [1.165, 1.54) is 0 Å². The van der Waals surface area contributed by atoms with Crippen molar-refractivity contribution in [1.29, 1.82) is 47.4 Å². The van der Waals surface area contributed by atoms with Gasteiger partial charge in [-0.3, -0.25) is 0 Å². The molecule has 0 bridgehead atoms. The fourth-order valence-electron chi connectivity index (χ4n) is 11.7. The van der Waals surface area contributed by atoms with E-state index in [1.807, 2.05) is 133 Å². The summed E-state index contributed by atoms with van der Waals surface area (Å²) in [5.41, 5.74) is 14.1. The standard InChI is InChI=1S/C74H34N12/c75-35-44-9-17-58(53(25-44)39-79)49-13-21-62-63-22-14-50(59-18-10-45(36-76)26-54(59)40-80)30-70(63)85(69(62)29-49)73-33-57(43-83)66(68-8-4-7-67(84-68)48-5-2-1-3-6-48)34-74(73)86-71-31-51(60-19-11-46(37-77)27-55(60)41-81)15-23-64(71)65-24-16-52(32-72(65)86)61-20-12-47(38-78)28-56(61)42-82/h1-34H. The summed E-state index contributed by atoms with van der Waals surface area (Å²) >= 11 is 0.